The van der Waals surface area contributed by atoms with E-state index in [-0.39, 0.29) is 0 Å². The summed E-state index contributed by atoms with van der Waals surface area (Å²) in [5.41, 5.74) is 0. The summed E-state index contributed by atoms with van der Waals surface area (Å²) in [6, 6.07) is 0. The number of hydrogen-bond acceptors (Lipinski definition) is 1. The molecule has 1 heteroatoms. The van der Waals surface area contributed by atoms with E-state index >= 15 is 0 Å². The van der Waals surface area contributed by atoms with Crippen LogP contribution in [-0.4, -0.2) is 13.1 Å². The second-order valence-electron chi connectivity index (χ2n) is 3.72. The molecule has 12 heavy (non-hydrogen) atoms. The molecule has 0 aliphatic rings. The summed E-state index contributed by atoms with van der Waals surface area (Å²) in [5, 5.41) is 3.44. The number of nitrogens with one attached hydrogen (secondary N) is 1. The van der Waals surface area contributed by atoms with Crippen LogP contribution in [0.4, 0.5) is 0 Å². The van der Waals surface area contributed by atoms with Crippen LogP contribution in [0.3, 0.4) is 0 Å². The van der Waals surface area contributed by atoms with E-state index in [1.165, 1.54) is 32.4 Å². The first-order chi connectivity index (χ1) is 5.77. The van der Waals surface area contributed by atoms with Crippen molar-refractivity contribution in [2.45, 2.75) is 39.5 Å². The van der Waals surface area contributed by atoms with Crippen LogP contribution in [0.25, 0.3) is 0 Å². The summed E-state index contributed by atoms with van der Waals surface area (Å²) in [4.78, 5) is 0. The molecule has 0 fully saturated rings. The number of rotatable bonds is 8. The average Bonchev–Trinajstić information content (AvgIpc) is 2.02. The van der Waals surface area contributed by atoms with Crippen molar-refractivity contribution in [3.63, 3.8) is 0 Å². The molecule has 0 saturated carbocycles. The van der Waals surface area contributed by atoms with Crippen molar-refractivity contribution in [2.24, 2.45) is 5.92 Å². The van der Waals surface area contributed by atoms with E-state index in [1.807, 2.05) is 6.08 Å². The highest BCUT2D eigenvalue weighted by atomic mass is 14.8. The van der Waals surface area contributed by atoms with Gasteiger partial charge in [0, 0.05) is 0 Å². The lowest BCUT2D eigenvalue weighted by atomic mass is 10.1. The predicted molar refractivity (Wildman–Crippen MR) is 56.4 cm³/mol. The first-order valence-corrected chi connectivity index (χ1v) is 5.09. The molecule has 0 unspecified atom stereocenters. The molecule has 0 spiro atoms. The van der Waals surface area contributed by atoms with Crippen LogP contribution in [-0.2, 0) is 0 Å². The molecule has 0 atom stereocenters. The Labute approximate surface area is 77.2 Å². The zero-order valence-corrected chi connectivity index (χ0v) is 8.60. The standard InChI is InChI=1S/C11H23N/c1-4-5-6-7-9-12-10-8-11(2)3/h4,11-12H,1,5-10H2,2-3H3. The van der Waals surface area contributed by atoms with Gasteiger partial charge in [-0.15, -0.1) is 6.58 Å². The third-order valence-corrected chi connectivity index (χ3v) is 1.91. The van der Waals surface area contributed by atoms with E-state index in [4.69, 9.17) is 0 Å². The highest BCUT2D eigenvalue weighted by Crippen LogP contribution is 1.97. The molecule has 1 nitrogen and oxygen atoms in total. The second kappa shape index (κ2) is 8.79. The van der Waals surface area contributed by atoms with Gasteiger partial charge in [0.15, 0.2) is 0 Å². The molecule has 1 N–H and O–H groups in total. The van der Waals surface area contributed by atoms with Crippen molar-refractivity contribution in [3.05, 3.63) is 12.7 Å². The SMILES string of the molecule is C=CCCCCNCCC(C)C. The quantitative estimate of drug-likeness (QED) is 0.435. The molecule has 0 aromatic carbocycles. The Kier molecular flexibility index (Phi) is 8.57. The van der Waals surface area contributed by atoms with Crippen LogP contribution in [0, 0.1) is 5.92 Å². The number of hydrogen-bond donors (Lipinski definition) is 1. The fraction of sp³-hybridized carbons (Fsp3) is 0.818. The van der Waals surface area contributed by atoms with E-state index < -0.39 is 0 Å². The van der Waals surface area contributed by atoms with E-state index in [0.29, 0.717) is 0 Å². The molecule has 0 rings (SSSR count). The molecule has 0 heterocycles. The third kappa shape index (κ3) is 9.70. The molecular weight excluding hydrogens is 146 g/mol. The normalized spacial score (nSPS) is 10.6. The summed E-state index contributed by atoms with van der Waals surface area (Å²) in [7, 11) is 0. The Bertz CT molecular complexity index is 97.2. The Morgan fingerprint density at radius 2 is 2.00 bits per heavy atom. The number of allylic oxidation sites excluding steroid dienone is 1. The maximum absolute atomic E-state index is 3.70. The van der Waals surface area contributed by atoms with Crippen molar-refractivity contribution in [3.8, 4) is 0 Å². The van der Waals surface area contributed by atoms with Crippen molar-refractivity contribution in [2.75, 3.05) is 13.1 Å². The van der Waals surface area contributed by atoms with Gasteiger partial charge < -0.3 is 5.32 Å². The van der Waals surface area contributed by atoms with Gasteiger partial charge in [0.2, 0.25) is 0 Å². The Morgan fingerprint density at radius 1 is 1.25 bits per heavy atom. The van der Waals surface area contributed by atoms with Gasteiger partial charge in [0.1, 0.15) is 0 Å². The third-order valence-electron chi connectivity index (χ3n) is 1.91. The van der Waals surface area contributed by atoms with Gasteiger partial charge in [-0.25, -0.2) is 0 Å². The van der Waals surface area contributed by atoms with Gasteiger partial charge in [0.05, 0.1) is 0 Å². The van der Waals surface area contributed by atoms with Gasteiger partial charge >= 0.3 is 0 Å². The molecule has 0 aromatic rings. The molecule has 0 aliphatic carbocycles. The fourth-order valence-corrected chi connectivity index (χ4v) is 1.05. The van der Waals surface area contributed by atoms with Gasteiger partial charge in [-0.1, -0.05) is 19.9 Å². The monoisotopic (exact) mass is 169 g/mol. The zero-order chi connectivity index (χ0) is 9.23. The van der Waals surface area contributed by atoms with Crippen LogP contribution in [0.15, 0.2) is 12.7 Å². The van der Waals surface area contributed by atoms with Crippen molar-refractivity contribution >= 4 is 0 Å². The zero-order valence-electron chi connectivity index (χ0n) is 8.60. The summed E-state index contributed by atoms with van der Waals surface area (Å²) in [6.45, 7) is 10.6. The van der Waals surface area contributed by atoms with Crippen molar-refractivity contribution in [1.29, 1.82) is 0 Å². The summed E-state index contributed by atoms with van der Waals surface area (Å²) < 4.78 is 0. The van der Waals surface area contributed by atoms with Crippen LogP contribution in [0.2, 0.25) is 0 Å². The Hall–Kier alpha value is -0.300. The largest absolute Gasteiger partial charge is 0.317 e. The topological polar surface area (TPSA) is 12.0 Å². The lowest BCUT2D eigenvalue weighted by Crippen LogP contribution is -2.17. The van der Waals surface area contributed by atoms with Crippen LogP contribution in [0.1, 0.15) is 39.5 Å². The predicted octanol–water partition coefficient (Wildman–Crippen LogP) is 2.98. The van der Waals surface area contributed by atoms with Crippen LogP contribution in [0.5, 0.6) is 0 Å². The second-order valence-corrected chi connectivity index (χ2v) is 3.72. The maximum atomic E-state index is 3.70. The van der Waals surface area contributed by atoms with E-state index in [9.17, 15) is 0 Å². The molecule has 72 valence electrons. The molecule has 0 aromatic heterocycles. The minimum Gasteiger partial charge on any atom is -0.317 e. The van der Waals surface area contributed by atoms with Crippen molar-refractivity contribution in [1.82, 2.24) is 5.32 Å². The van der Waals surface area contributed by atoms with E-state index in [2.05, 4.69) is 25.7 Å². The van der Waals surface area contributed by atoms with Gasteiger partial charge in [-0.2, -0.15) is 0 Å². The lowest BCUT2D eigenvalue weighted by Gasteiger charge is -2.05. The van der Waals surface area contributed by atoms with Crippen LogP contribution >= 0.6 is 0 Å². The summed E-state index contributed by atoms with van der Waals surface area (Å²) in [6.07, 6.45) is 7.00. The average molecular weight is 169 g/mol. The number of unbranched alkanes of at least 4 members (excludes halogenated alkanes) is 2. The molecule has 0 amide bonds. The lowest BCUT2D eigenvalue weighted by molar-refractivity contribution is 0.528. The fourth-order valence-electron chi connectivity index (χ4n) is 1.05. The minimum atomic E-state index is 0.825. The molecular formula is C11H23N. The summed E-state index contributed by atoms with van der Waals surface area (Å²) >= 11 is 0. The van der Waals surface area contributed by atoms with Crippen LogP contribution < -0.4 is 5.32 Å². The Morgan fingerprint density at radius 3 is 2.58 bits per heavy atom. The van der Waals surface area contributed by atoms with Gasteiger partial charge in [-0.05, 0) is 44.7 Å². The molecule has 0 saturated heterocycles. The smallest absolute Gasteiger partial charge is 0.00465 e. The molecule has 0 aliphatic heterocycles. The van der Waals surface area contributed by atoms with Gasteiger partial charge in [0.25, 0.3) is 0 Å². The first-order valence-electron chi connectivity index (χ1n) is 5.09. The van der Waals surface area contributed by atoms with E-state index in [1.54, 1.807) is 0 Å². The Balaban J connectivity index is 2.86. The minimum absolute atomic E-state index is 0.825. The van der Waals surface area contributed by atoms with E-state index in [0.717, 1.165) is 12.3 Å². The highest BCUT2D eigenvalue weighted by Gasteiger charge is 1.92. The maximum Gasteiger partial charge on any atom is -0.00465 e. The summed E-state index contributed by atoms with van der Waals surface area (Å²) in [5.74, 6) is 0.825. The molecule has 0 radical (unpaired) electrons. The first kappa shape index (κ1) is 11.7. The highest BCUT2D eigenvalue weighted by molar-refractivity contribution is 4.65. The van der Waals surface area contributed by atoms with Gasteiger partial charge in [-0.3, -0.25) is 0 Å². The van der Waals surface area contributed by atoms with Crippen molar-refractivity contribution < 1.29 is 0 Å². The molecule has 0 bridgehead atoms.